The van der Waals surface area contributed by atoms with E-state index in [4.69, 9.17) is 11.6 Å². The smallest absolute Gasteiger partial charge is 0.258 e. The van der Waals surface area contributed by atoms with E-state index in [0.29, 0.717) is 36.9 Å². The molecule has 1 aliphatic rings. The minimum atomic E-state index is -3.81. The molecule has 2 aromatic carbocycles. The molecule has 1 amide bonds. The van der Waals surface area contributed by atoms with Crippen LogP contribution in [0.25, 0.3) is 0 Å². The summed E-state index contributed by atoms with van der Waals surface area (Å²) < 4.78 is 41.6. The molecular weight excluding hydrogens is 417 g/mol. The van der Waals surface area contributed by atoms with Gasteiger partial charge in [-0.25, -0.2) is 12.8 Å². The Kier molecular flexibility index (Phi) is 6.89. The molecule has 2 aromatic rings. The summed E-state index contributed by atoms with van der Waals surface area (Å²) in [6.07, 6.45) is 1.01. The van der Waals surface area contributed by atoms with Gasteiger partial charge in [0.05, 0.1) is 10.5 Å². The fourth-order valence-corrected chi connectivity index (χ4v) is 4.90. The fourth-order valence-electron chi connectivity index (χ4n) is 3.26. The van der Waals surface area contributed by atoms with Crippen LogP contribution in [0, 0.1) is 5.82 Å². The van der Waals surface area contributed by atoms with E-state index < -0.39 is 21.7 Å². The zero-order chi connectivity index (χ0) is 21.0. The van der Waals surface area contributed by atoms with E-state index in [-0.39, 0.29) is 10.5 Å². The summed E-state index contributed by atoms with van der Waals surface area (Å²) in [5, 5.41) is 2.96. The molecular formula is C20H23ClFN3O3S. The number of nitrogens with zero attached hydrogens (tertiary/aromatic N) is 2. The van der Waals surface area contributed by atoms with Crippen molar-refractivity contribution in [1.82, 2.24) is 9.21 Å². The summed E-state index contributed by atoms with van der Waals surface area (Å²) in [5.41, 5.74) is 0.0536. The molecule has 29 heavy (non-hydrogen) atoms. The molecule has 156 valence electrons. The minimum Gasteiger partial charge on any atom is -0.322 e. The van der Waals surface area contributed by atoms with Gasteiger partial charge in [0, 0.05) is 36.9 Å². The van der Waals surface area contributed by atoms with Crippen LogP contribution < -0.4 is 5.32 Å². The maximum atomic E-state index is 14.3. The molecule has 6 nitrogen and oxygen atoms in total. The Morgan fingerprint density at radius 3 is 2.52 bits per heavy atom. The lowest BCUT2D eigenvalue weighted by Gasteiger charge is -2.33. The Balaban J connectivity index is 1.80. The first-order chi connectivity index (χ1) is 13.8. The first-order valence-electron chi connectivity index (χ1n) is 9.40. The van der Waals surface area contributed by atoms with Gasteiger partial charge < -0.3 is 10.2 Å². The van der Waals surface area contributed by atoms with Crippen molar-refractivity contribution in [2.45, 2.75) is 18.2 Å². The molecule has 1 aliphatic heterocycles. The summed E-state index contributed by atoms with van der Waals surface area (Å²) in [6, 6.07) is 9.71. The topological polar surface area (TPSA) is 69.7 Å². The molecule has 1 saturated heterocycles. The van der Waals surface area contributed by atoms with Crippen LogP contribution in [0.15, 0.2) is 47.4 Å². The maximum Gasteiger partial charge on any atom is 0.258 e. The number of hydrogen-bond acceptors (Lipinski definition) is 4. The van der Waals surface area contributed by atoms with Crippen molar-refractivity contribution in [2.24, 2.45) is 0 Å². The highest BCUT2D eigenvalue weighted by molar-refractivity contribution is 7.89. The first kappa shape index (κ1) is 21.7. The maximum absolute atomic E-state index is 14.3. The average molecular weight is 440 g/mol. The van der Waals surface area contributed by atoms with Crippen LogP contribution in [0.2, 0.25) is 5.02 Å². The van der Waals surface area contributed by atoms with Crippen molar-refractivity contribution in [2.75, 3.05) is 38.0 Å². The van der Waals surface area contributed by atoms with Gasteiger partial charge in [-0.05, 0) is 49.4 Å². The molecule has 0 saturated carbocycles. The second kappa shape index (κ2) is 9.21. The lowest BCUT2D eigenvalue weighted by molar-refractivity contribution is 0.102. The number of sulfonamides is 1. The van der Waals surface area contributed by atoms with Crippen molar-refractivity contribution in [3.05, 3.63) is 58.9 Å². The van der Waals surface area contributed by atoms with Crippen LogP contribution in [0.3, 0.4) is 0 Å². The number of amides is 1. The summed E-state index contributed by atoms with van der Waals surface area (Å²) in [7, 11) is -3.81. The Morgan fingerprint density at radius 2 is 1.86 bits per heavy atom. The molecule has 0 spiro atoms. The lowest BCUT2D eigenvalue weighted by atomic mass is 10.2. The third-order valence-corrected chi connectivity index (χ3v) is 6.90. The number of benzene rings is 2. The Morgan fingerprint density at radius 1 is 1.14 bits per heavy atom. The Hall–Kier alpha value is -2.00. The second-order valence-electron chi connectivity index (χ2n) is 6.85. The zero-order valence-electron chi connectivity index (χ0n) is 16.1. The van der Waals surface area contributed by atoms with Gasteiger partial charge in [0.2, 0.25) is 10.0 Å². The number of halogens is 2. The molecule has 1 N–H and O–H groups in total. The molecule has 1 fully saturated rings. The zero-order valence-corrected chi connectivity index (χ0v) is 17.6. The quantitative estimate of drug-likeness (QED) is 0.748. The van der Waals surface area contributed by atoms with Gasteiger partial charge in [-0.1, -0.05) is 24.6 Å². The van der Waals surface area contributed by atoms with Crippen LogP contribution in [-0.2, 0) is 10.0 Å². The summed E-state index contributed by atoms with van der Waals surface area (Å²) in [6.45, 7) is 5.04. The fraction of sp³-hybridized carbons (Fsp3) is 0.350. The van der Waals surface area contributed by atoms with Crippen LogP contribution in [0.4, 0.5) is 10.1 Å². The van der Waals surface area contributed by atoms with Gasteiger partial charge in [-0.3, -0.25) is 4.79 Å². The van der Waals surface area contributed by atoms with Crippen molar-refractivity contribution in [1.29, 1.82) is 0 Å². The number of anilines is 1. The molecule has 0 aromatic heterocycles. The Labute approximate surface area is 175 Å². The molecule has 0 bridgehead atoms. The van der Waals surface area contributed by atoms with Crippen molar-refractivity contribution < 1.29 is 17.6 Å². The van der Waals surface area contributed by atoms with Crippen LogP contribution >= 0.6 is 11.6 Å². The normalized spacial score (nSPS) is 16.0. The number of hydrogen-bond donors (Lipinski definition) is 1. The number of carbonyl (C=O) groups is 1. The predicted molar refractivity (Wildman–Crippen MR) is 111 cm³/mol. The third-order valence-electron chi connectivity index (χ3n) is 4.77. The van der Waals surface area contributed by atoms with Gasteiger partial charge in [0.1, 0.15) is 5.82 Å². The summed E-state index contributed by atoms with van der Waals surface area (Å²) in [4.78, 5) is 14.6. The van der Waals surface area contributed by atoms with Crippen LogP contribution in [-0.4, -0.2) is 56.3 Å². The third kappa shape index (κ3) is 5.14. The van der Waals surface area contributed by atoms with E-state index in [1.807, 2.05) is 0 Å². The van der Waals surface area contributed by atoms with E-state index in [2.05, 4.69) is 17.1 Å². The van der Waals surface area contributed by atoms with Crippen LogP contribution in [0.5, 0.6) is 0 Å². The number of nitrogens with one attached hydrogen (secondary N) is 1. The molecule has 0 atom stereocenters. The van der Waals surface area contributed by atoms with Crippen molar-refractivity contribution in [3.8, 4) is 0 Å². The monoisotopic (exact) mass is 439 g/mol. The van der Waals surface area contributed by atoms with E-state index in [1.165, 1.54) is 16.4 Å². The van der Waals surface area contributed by atoms with Crippen molar-refractivity contribution in [3.63, 3.8) is 0 Å². The minimum absolute atomic E-state index is 0.0981. The van der Waals surface area contributed by atoms with Crippen molar-refractivity contribution >= 4 is 33.2 Å². The van der Waals surface area contributed by atoms with E-state index >= 15 is 0 Å². The van der Waals surface area contributed by atoms with Gasteiger partial charge in [-0.15, -0.1) is 0 Å². The predicted octanol–water partition coefficient (Wildman–Crippen LogP) is 3.45. The summed E-state index contributed by atoms with van der Waals surface area (Å²) >= 11 is 5.89. The van der Waals surface area contributed by atoms with E-state index in [1.54, 1.807) is 18.2 Å². The number of piperazine rings is 1. The lowest BCUT2D eigenvalue weighted by Crippen LogP contribution is -2.48. The molecule has 1 heterocycles. The highest BCUT2D eigenvalue weighted by Crippen LogP contribution is 2.22. The van der Waals surface area contributed by atoms with Gasteiger partial charge in [0.25, 0.3) is 5.91 Å². The van der Waals surface area contributed by atoms with Gasteiger partial charge >= 0.3 is 0 Å². The SMILES string of the molecule is CCCN1CCN(S(=O)(=O)c2ccc(F)c(C(=O)Nc3cccc(Cl)c3)c2)CC1. The first-order valence-corrected chi connectivity index (χ1v) is 11.2. The highest BCUT2D eigenvalue weighted by Gasteiger charge is 2.29. The van der Waals surface area contributed by atoms with E-state index in [0.717, 1.165) is 25.1 Å². The Bertz CT molecular complexity index is 992. The van der Waals surface area contributed by atoms with Gasteiger partial charge in [0.15, 0.2) is 0 Å². The molecule has 0 unspecified atom stereocenters. The highest BCUT2D eigenvalue weighted by atomic mass is 35.5. The van der Waals surface area contributed by atoms with E-state index in [9.17, 15) is 17.6 Å². The number of carbonyl (C=O) groups excluding carboxylic acids is 1. The molecule has 9 heteroatoms. The molecule has 3 rings (SSSR count). The summed E-state index contributed by atoms with van der Waals surface area (Å²) in [5.74, 6) is -1.54. The average Bonchev–Trinajstić information content (AvgIpc) is 2.69. The largest absolute Gasteiger partial charge is 0.322 e. The second-order valence-corrected chi connectivity index (χ2v) is 9.23. The standard InChI is InChI=1S/C20H23ClFN3O3S/c1-2-8-24-9-11-25(12-10-24)29(27,28)17-6-7-19(22)18(14-17)20(26)23-16-5-3-4-15(21)13-16/h3-7,13-14H,2,8-12H2,1H3,(H,23,26). The van der Waals surface area contributed by atoms with Crippen LogP contribution in [0.1, 0.15) is 23.7 Å². The van der Waals surface area contributed by atoms with Gasteiger partial charge in [-0.2, -0.15) is 4.31 Å². The molecule has 0 radical (unpaired) electrons. The molecule has 0 aliphatic carbocycles. The number of rotatable bonds is 6.